The van der Waals surface area contributed by atoms with Gasteiger partial charge in [0.15, 0.2) is 5.78 Å². The molecule has 0 aliphatic heterocycles. The minimum absolute atomic E-state index is 0.00764. The molecule has 2 aliphatic rings. The first-order chi connectivity index (χ1) is 21.1. The van der Waals surface area contributed by atoms with Gasteiger partial charge >= 0.3 is 12.1 Å². The number of hydrogen-bond donors (Lipinski definition) is 0. The maximum atomic E-state index is 14.2. The summed E-state index contributed by atoms with van der Waals surface area (Å²) in [6.07, 6.45) is 5.25. The van der Waals surface area contributed by atoms with Crippen molar-refractivity contribution in [2.24, 2.45) is 11.3 Å². The molecule has 44 heavy (non-hydrogen) atoms. The van der Waals surface area contributed by atoms with E-state index in [1.807, 2.05) is 25.1 Å². The molecule has 4 nitrogen and oxygen atoms in total. The molecule has 230 valence electrons. The standard InChI is InChI=1S/C37H37F3O4/c1-4-27-20-26(10-15-33(27)38)19-24-7-6-17-36(18-16-24)23-29-22-28(35(42)43-3)11-14-31(29)34(41)32(36)21-25-8-12-30(13-9-25)44-37(39,40)5-2/h5,8-15,20-22,24H,2,4,6-7,16-19,23H2,1,3H3/b32-21-/t24-,36?/m0/s1. The number of benzene rings is 3. The predicted octanol–water partition coefficient (Wildman–Crippen LogP) is 8.96. The second-order valence-electron chi connectivity index (χ2n) is 11.9. The van der Waals surface area contributed by atoms with E-state index in [1.54, 1.807) is 36.4 Å². The van der Waals surface area contributed by atoms with Crippen LogP contribution in [0.25, 0.3) is 6.08 Å². The fraction of sp³-hybridized carbons (Fsp3) is 0.351. The maximum absolute atomic E-state index is 14.2. The van der Waals surface area contributed by atoms with Crippen molar-refractivity contribution in [3.8, 4) is 5.75 Å². The van der Waals surface area contributed by atoms with Crippen LogP contribution in [0.4, 0.5) is 13.2 Å². The lowest BCUT2D eigenvalue weighted by Crippen LogP contribution is -2.35. The van der Waals surface area contributed by atoms with Crippen molar-refractivity contribution in [3.63, 3.8) is 0 Å². The van der Waals surface area contributed by atoms with Crippen LogP contribution < -0.4 is 4.74 Å². The van der Waals surface area contributed by atoms with Crippen molar-refractivity contribution >= 4 is 17.8 Å². The minimum Gasteiger partial charge on any atom is -0.465 e. The van der Waals surface area contributed by atoms with Crippen LogP contribution in [-0.2, 0) is 24.0 Å². The van der Waals surface area contributed by atoms with Crippen LogP contribution in [0.5, 0.6) is 5.75 Å². The fourth-order valence-electron chi connectivity index (χ4n) is 6.76. The number of hydrogen-bond acceptors (Lipinski definition) is 4. The van der Waals surface area contributed by atoms with Crippen LogP contribution in [0.15, 0.2) is 78.9 Å². The largest absolute Gasteiger partial charge is 0.465 e. The normalized spacial score (nSPS) is 21.1. The van der Waals surface area contributed by atoms with E-state index in [9.17, 15) is 22.8 Å². The van der Waals surface area contributed by atoms with Crippen molar-refractivity contribution in [1.82, 2.24) is 0 Å². The number of carbonyl (C=O) groups excluding carboxylic acids is 2. The number of halogens is 3. The van der Waals surface area contributed by atoms with Gasteiger partial charge in [-0.15, -0.1) is 0 Å². The van der Waals surface area contributed by atoms with Crippen LogP contribution in [-0.4, -0.2) is 25.0 Å². The Hall–Kier alpha value is -4.13. The van der Waals surface area contributed by atoms with E-state index in [2.05, 4.69) is 6.58 Å². The van der Waals surface area contributed by atoms with Crippen LogP contribution in [0.2, 0.25) is 0 Å². The van der Waals surface area contributed by atoms with Gasteiger partial charge in [-0.3, -0.25) is 4.79 Å². The molecule has 0 aromatic heterocycles. The van der Waals surface area contributed by atoms with Crippen molar-refractivity contribution < 1.29 is 32.2 Å². The molecule has 0 heterocycles. The summed E-state index contributed by atoms with van der Waals surface area (Å²) in [5, 5.41) is 0. The number of rotatable bonds is 8. The number of esters is 1. The third-order valence-corrected chi connectivity index (χ3v) is 9.11. The number of alkyl halides is 2. The van der Waals surface area contributed by atoms with Gasteiger partial charge in [-0.2, -0.15) is 8.78 Å². The highest BCUT2D eigenvalue weighted by Gasteiger charge is 2.44. The average Bonchev–Trinajstić information content (AvgIpc) is 3.22. The number of ether oxygens (including phenoxy) is 2. The monoisotopic (exact) mass is 602 g/mol. The van der Waals surface area contributed by atoms with Crippen molar-refractivity contribution in [2.75, 3.05) is 7.11 Å². The summed E-state index contributed by atoms with van der Waals surface area (Å²) in [4.78, 5) is 26.5. The summed E-state index contributed by atoms with van der Waals surface area (Å²) in [6.45, 7) is 5.05. The lowest BCUT2D eigenvalue weighted by molar-refractivity contribution is -0.131. The van der Waals surface area contributed by atoms with Crippen LogP contribution >= 0.6 is 0 Å². The molecule has 2 aliphatic carbocycles. The van der Waals surface area contributed by atoms with E-state index in [1.165, 1.54) is 19.2 Å². The van der Waals surface area contributed by atoms with Crippen molar-refractivity contribution in [1.29, 1.82) is 0 Å². The van der Waals surface area contributed by atoms with Gasteiger partial charge in [0.1, 0.15) is 11.6 Å². The third kappa shape index (κ3) is 6.67. The second kappa shape index (κ2) is 12.8. The lowest BCUT2D eigenvalue weighted by atomic mass is 9.63. The van der Waals surface area contributed by atoms with Gasteiger partial charge in [-0.25, -0.2) is 9.18 Å². The zero-order chi connectivity index (χ0) is 31.5. The summed E-state index contributed by atoms with van der Waals surface area (Å²) >= 11 is 0. The Kier molecular flexibility index (Phi) is 9.14. The number of ketones is 1. The number of fused-ring (bicyclic) bond motifs is 1. The van der Waals surface area contributed by atoms with E-state index in [0.717, 1.165) is 55.2 Å². The molecule has 0 radical (unpaired) electrons. The van der Waals surface area contributed by atoms with Crippen molar-refractivity contribution in [2.45, 2.75) is 64.4 Å². The summed E-state index contributed by atoms with van der Waals surface area (Å²) < 4.78 is 51.1. The molecular formula is C37H37F3O4. The van der Waals surface area contributed by atoms with Gasteiger partial charge < -0.3 is 9.47 Å². The van der Waals surface area contributed by atoms with E-state index in [0.29, 0.717) is 47.1 Å². The van der Waals surface area contributed by atoms with Crippen LogP contribution in [0.3, 0.4) is 0 Å². The summed E-state index contributed by atoms with van der Waals surface area (Å²) in [5.74, 6) is -0.346. The zero-order valence-electron chi connectivity index (χ0n) is 25.1. The number of aryl methyl sites for hydroxylation is 1. The smallest absolute Gasteiger partial charge is 0.419 e. The first kappa shape index (κ1) is 31.3. The number of allylic oxidation sites excluding steroid dienone is 1. The fourth-order valence-corrected chi connectivity index (χ4v) is 6.76. The highest BCUT2D eigenvalue weighted by molar-refractivity contribution is 6.14. The topological polar surface area (TPSA) is 52.6 Å². The molecule has 1 saturated carbocycles. The molecule has 0 amide bonds. The molecule has 5 rings (SSSR count). The minimum atomic E-state index is -3.49. The van der Waals surface area contributed by atoms with Crippen molar-refractivity contribution in [3.05, 3.63) is 118 Å². The van der Waals surface area contributed by atoms with E-state index in [-0.39, 0.29) is 17.3 Å². The first-order valence-electron chi connectivity index (χ1n) is 15.1. The Morgan fingerprint density at radius 1 is 1.07 bits per heavy atom. The molecule has 3 aromatic carbocycles. The quantitative estimate of drug-likeness (QED) is 0.147. The average molecular weight is 603 g/mol. The Labute approximate surface area is 256 Å². The summed E-state index contributed by atoms with van der Waals surface area (Å²) in [7, 11) is 1.33. The van der Waals surface area contributed by atoms with E-state index < -0.39 is 17.5 Å². The van der Waals surface area contributed by atoms with Crippen LogP contribution in [0.1, 0.15) is 82.0 Å². The molecule has 7 heteroatoms. The molecule has 3 aromatic rings. The number of methoxy groups -OCH3 is 1. The number of Topliss-reactive ketones (excluding diaryl/α,β-unsaturated/α-hetero) is 1. The SMILES string of the molecule is C=CC(F)(F)Oc1ccc(/C=C2/C(=O)c3ccc(C(=O)OC)cc3CC23CCC[C@H](Cc2ccc(F)c(CC)c2)CC3)cc1. The summed E-state index contributed by atoms with van der Waals surface area (Å²) in [6, 6.07) is 16.7. The highest BCUT2D eigenvalue weighted by atomic mass is 19.3. The third-order valence-electron chi connectivity index (χ3n) is 9.11. The second-order valence-corrected chi connectivity index (χ2v) is 11.9. The molecule has 0 bridgehead atoms. The molecule has 0 saturated heterocycles. The maximum Gasteiger partial charge on any atom is 0.419 e. The van der Waals surface area contributed by atoms with Gasteiger partial charge in [0.05, 0.1) is 12.7 Å². The highest BCUT2D eigenvalue weighted by Crippen LogP contribution is 2.50. The molecule has 2 atom stereocenters. The summed E-state index contributed by atoms with van der Waals surface area (Å²) in [5.41, 5.74) is 4.57. The predicted molar refractivity (Wildman–Crippen MR) is 164 cm³/mol. The van der Waals surface area contributed by atoms with Crippen LogP contribution in [0, 0.1) is 17.2 Å². The molecular weight excluding hydrogens is 565 g/mol. The van der Waals surface area contributed by atoms with E-state index >= 15 is 0 Å². The zero-order valence-corrected chi connectivity index (χ0v) is 25.1. The van der Waals surface area contributed by atoms with Gasteiger partial charge in [0, 0.05) is 22.6 Å². The molecule has 0 N–H and O–H groups in total. The Morgan fingerprint density at radius 3 is 2.55 bits per heavy atom. The Bertz CT molecular complexity index is 1590. The Balaban J connectivity index is 1.48. The van der Waals surface area contributed by atoms with Gasteiger partial charge in [0.25, 0.3) is 0 Å². The molecule has 1 unspecified atom stereocenters. The molecule has 1 fully saturated rings. The lowest BCUT2D eigenvalue weighted by Gasteiger charge is -2.40. The van der Waals surface area contributed by atoms with E-state index in [4.69, 9.17) is 9.47 Å². The van der Waals surface area contributed by atoms with Gasteiger partial charge in [0.2, 0.25) is 0 Å². The Morgan fingerprint density at radius 2 is 1.84 bits per heavy atom. The first-order valence-corrected chi connectivity index (χ1v) is 15.1. The molecule has 1 spiro atoms. The van der Waals surface area contributed by atoms with Gasteiger partial charge in [-0.05, 0) is 109 Å². The number of carbonyl (C=O) groups is 2. The van der Waals surface area contributed by atoms with Gasteiger partial charge in [-0.1, -0.05) is 50.6 Å².